The predicted octanol–water partition coefficient (Wildman–Crippen LogP) is 7.02. The molecule has 45 heavy (non-hydrogen) atoms. The summed E-state index contributed by atoms with van der Waals surface area (Å²) in [5.41, 5.74) is 0.979. The number of hydrogen-bond donors (Lipinski definition) is 1. The number of aromatic nitrogens is 1. The number of alkyl halides is 6. The highest BCUT2D eigenvalue weighted by Crippen LogP contribution is 2.37. The molecule has 1 aromatic heterocycles. The Morgan fingerprint density at radius 1 is 0.800 bits per heavy atom. The summed E-state index contributed by atoms with van der Waals surface area (Å²) >= 11 is 0. The Bertz CT molecular complexity index is 1630. The Hall–Kier alpha value is -3.83. The normalized spacial score (nSPS) is 18.4. The molecule has 1 N–H and O–H groups in total. The smallest absolute Gasteiger partial charge is 0.361 e. The molecule has 1 fully saturated rings. The fourth-order valence-electron chi connectivity index (χ4n) is 6.63. The number of nitrogens with zero attached hydrogens (tertiary/aromatic N) is 3. The molecule has 0 saturated carbocycles. The van der Waals surface area contributed by atoms with Crippen LogP contribution in [0.4, 0.5) is 26.3 Å². The highest BCUT2D eigenvalue weighted by molar-refractivity contribution is 5.95. The second-order valence-electron chi connectivity index (χ2n) is 12.0. The van der Waals surface area contributed by atoms with Crippen molar-refractivity contribution in [2.45, 2.75) is 44.2 Å². The first-order chi connectivity index (χ1) is 21.5. The van der Waals surface area contributed by atoms with Crippen LogP contribution in [0.3, 0.4) is 0 Å². The molecule has 1 amide bonds. The van der Waals surface area contributed by atoms with Crippen molar-refractivity contribution >= 4 is 16.8 Å². The van der Waals surface area contributed by atoms with Gasteiger partial charge in [-0.2, -0.15) is 26.3 Å². The van der Waals surface area contributed by atoms with Crippen LogP contribution < -0.4 is 0 Å². The number of H-pyrrole nitrogens is 1. The van der Waals surface area contributed by atoms with E-state index in [1.54, 1.807) is 0 Å². The van der Waals surface area contributed by atoms with Gasteiger partial charge in [0.15, 0.2) is 0 Å². The molecule has 0 bridgehead atoms. The van der Waals surface area contributed by atoms with Gasteiger partial charge in [-0.3, -0.25) is 14.6 Å². The molecule has 6 rings (SSSR count). The van der Waals surface area contributed by atoms with Gasteiger partial charge in [-0.15, -0.1) is 0 Å². The molecular formula is C34H34F6N4O. The molecule has 238 valence electrons. The van der Waals surface area contributed by atoms with Crippen LogP contribution in [0.25, 0.3) is 10.9 Å². The van der Waals surface area contributed by atoms with Crippen LogP contribution in [0.1, 0.15) is 44.6 Å². The van der Waals surface area contributed by atoms with E-state index in [1.807, 2.05) is 30.5 Å². The summed E-state index contributed by atoms with van der Waals surface area (Å²) in [4.78, 5) is 23.1. The summed E-state index contributed by atoms with van der Waals surface area (Å²) in [5.74, 6) is -0.830. The van der Waals surface area contributed by atoms with Crippen LogP contribution in [0, 0.1) is 0 Å². The Labute approximate surface area is 257 Å². The molecule has 11 heteroatoms. The molecule has 5 nitrogen and oxygen atoms in total. The van der Waals surface area contributed by atoms with E-state index in [1.165, 1.54) is 16.0 Å². The van der Waals surface area contributed by atoms with Gasteiger partial charge in [0, 0.05) is 61.4 Å². The van der Waals surface area contributed by atoms with Crippen molar-refractivity contribution in [3.8, 4) is 0 Å². The Kier molecular flexibility index (Phi) is 8.67. The third-order valence-electron chi connectivity index (χ3n) is 8.95. The van der Waals surface area contributed by atoms with Crippen LogP contribution in [0.15, 0.2) is 72.9 Å². The lowest BCUT2D eigenvalue weighted by Crippen LogP contribution is -2.56. The van der Waals surface area contributed by atoms with E-state index in [-0.39, 0.29) is 12.6 Å². The Morgan fingerprint density at radius 3 is 2.20 bits per heavy atom. The van der Waals surface area contributed by atoms with Gasteiger partial charge < -0.3 is 9.88 Å². The topological polar surface area (TPSA) is 42.6 Å². The Morgan fingerprint density at radius 2 is 1.47 bits per heavy atom. The standard InChI is InChI=1S/C34H34F6N4O/c35-33(36,37)27-16-25(17-28(19-27)34(38,39)40)32(45)44-15-14-43(12-5-11-42-13-10-23-6-1-2-7-24(23)21-42)22-29(44)18-26-20-41-31-9-4-3-8-30(26)31/h1-4,6-9,16-17,19-20,29,41H,5,10-15,18,21-22H2/t29-/m1/s1. The summed E-state index contributed by atoms with van der Waals surface area (Å²) < 4.78 is 81.5. The molecule has 1 saturated heterocycles. The quantitative estimate of drug-likeness (QED) is 0.224. The Balaban J connectivity index is 1.20. The van der Waals surface area contributed by atoms with Crippen molar-refractivity contribution in [2.75, 3.05) is 39.3 Å². The molecule has 3 aromatic carbocycles. The zero-order valence-corrected chi connectivity index (χ0v) is 24.6. The first-order valence-electron chi connectivity index (χ1n) is 15.1. The maximum atomic E-state index is 13.7. The van der Waals surface area contributed by atoms with Crippen molar-refractivity contribution in [3.05, 3.63) is 106 Å². The molecule has 0 spiro atoms. The number of nitrogens with one attached hydrogen (secondary N) is 1. The van der Waals surface area contributed by atoms with Gasteiger partial charge in [-0.05, 0) is 73.3 Å². The molecule has 1 atom stereocenters. The second kappa shape index (κ2) is 12.5. The lowest BCUT2D eigenvalue weighted by Gasteiger charge is -2.42. The van der Waals surface area contributed by atoms with Gasteiger partial charge in [0.25, 0.3) is 5.91 Å². The van der Waals surface area contributed by atoms with Crippen LogP contribution in [-0.4, -0.2) is 70.9 Å². The fourth-order valence-corrected chi connectivity index (χ4v) is 6.63. The number of aromatic amines is 1. The summed E-state index contributed by atoms with van der Waals surface area (Å²) in [6.45, 7) is 4.69. The molecular weight excluding hydrogens is 594 g/mol. The average Bonchev–Trinajstić information content (AvgIpc) is 3.42. The number of amides is 1. The zero-order chi connectivity index (χ0) is 31.8. The number of carbonyl (C=O) groups is 1. The summed E-state index contributed by atoms with van der Waals surface area (Å²) in [5, 5.41) is 0.964. The summed E-state index contributed by atoms with van der Waals surface area (Å²) in [7, 11) is 0. The number of carbonyl (C=O) groups excluding carboxylic acids is 1. The SMILES string of the molecule is O=C(c1cc(C(F)(F)F)cc(C(F)(F)F)c1)N1CCN(CCCN2CCc3ccccc3C2)C[C@H]1Cc1c[nH]c2ccccc12. The van der Waals surface area contributed by atoms with Gasteiger partial charge in [-0.1, -0.05) is 42.5 Å². The van der Waals surface area contributed by atoms with Crippen LogP contribution in [0.2, 0.25) is 0 Å². The summed E-state index contributed by atoms with van der Waals surface area (Å²) in [6.07, 6.45) is -5.90. The van der Waals surface area contributed by atoms with Gasteiger partial charge in [-0.25, -0.2) is 0 Å². The number of benzene rings is 3. The maximum absolute atomic E-state index is 13.7. The van der Waals surface area contributed by atoms with Crippen molar-refractivity contribution in [1.29, 1.82) is 0 Å². The lowest BCUT2D eigenvalue weighted by molar-refractivity contribution is -0.143. The van der Waals surface area contributed by atoms with E-state index in [2.05, 4.69) is 39.0 Å². The molecule has 2 aliphatic rings. The van der Waals surface area contributed by atoms with Crippen LogP contribution >= 0.6 is 0 Å². The molecule has 2 aliphatic heterocycles. The second-order valence-corrected chi connectivity index (χ2v) is 12.0. The molecule has 4 aromatic rings. The number of hydrogen-bond acceptors (Lipinski definition) is 3. The van der Waals surface area contributed by atoms with Crippen LogP contribution in [0.5, 0.6) is 0 Å². The number of piperazine rings is 1. The number of fused-ring (bicyclic) bond motifs is 2. The first kappa shape index (κ1) is 31.2. The molecule has 0 radical (unpaired) electrons. The van der Waals surface area contributed by atoms with E-state index in [0.29, 0.717) is 31.6 Å². The van der Waals surface area contributed by atoms with Crippen molar-refractivity contribution in [1.82, 2.24) is 19.7 Å². The molecule has 0 unspecified atom stereocenters. The van der Waals surface area contributed by atoms with E-state index < -0.39 is 41.0 Å². The van der Waals surface area contributed by atoms with E-state index in [0.717, 1.165) is 55.5 Å². The van der Waals surface area contributed by atoms with Gasteiger partial charge >= 0.3 is 12.4 Å². The van der Waals surface area contributed by atoms with E-state index >= 15 is 0 Å². The van der Waals surface area contributed by atoms with Crippen LogP contribution in [-0.2, 0) is 31.7 Å². The van der Waals surface area contributed by atoms with Crippen molar-refractivity contribution in [2.24, 2.45) is 0 Å². The fraction of sp³-hybridized carbons (Fsp3) is 0.382. The molecule has 0 aliphatic carbocycles. The first-order valence-corrected chi connectivity index (χ1v) is 15.1. The number of halogens is 6. The average molecular weight is 629 g/mol. The minimum Gasteiger partial charge on any atom is -0.361 e. The van der Waals surface area contributed by atoms with Gasteiger partial charge in [0.1, 0.15) is 0 Å². The third-order valence-corrected chi connectivity index (χ3v) is 8.95. The largest absolute Gasteiger partial charge is 0.416 e. The highest BCUT2D eigenvalue weighted by atomic mass is 19.4. The maximum Gasteiger partial charge on any atom is 0.416 e. The van der Waals surface area contributed by atoms with E-state index in [4.69, 9.17) is 0 Å². The minimum absolute atomic E-state index is 0.0546. The lowest BCUT2D eigenvalue weighted by atomic mass is 9.98. The summed E-state index contributed by atoms with van der Waals surface area (Å²) in [6, 6.07) is 16.8. The number of para-hydroxylation sites is 1. The number of rotatable bonds is 7. The van der Waals surface area contributed by atoms with Crippen molar-refractivity contribution < 1.29 is 31.1 Å². The monoisotopic (exact) mass is 628 g/mol. The van der Waals surface area contributed by atoms with Gasteiger partial charge in [0.2, 0.25) is 0 Å². The van der Waals surface area contributed by atoms with Gasteiger partial charge in [0.05, 0.1) is 11.1 Å². The molecule has 3 heterocycles. The highest BCUT2D eigenvalue weighted by Gasteiger charge is 2.39. The minimum atomic E-state index is -5.03. The van der Waals surface area contributed by atoms with E-state index in [9.17, 15) is 31.1 Å². The predicted molar refractivity (Wildman–Crippen MR) is 160 cm³/mol. The zero-order valence-electron chi connectivity index (χ0n) is 24.6. The third kappa shape index (κ3) is 7.04. The van der Waals surface area contributed by atoms with Crippen molar-refractivity contribution in [3.63, 3.8) is 0 Å².